The Hall–Kier alpha value is -3.08. The number of aromatic nitrogens is 1. The molecule has 2 bridgehead atoms. The van der Waals surface area contributed by atoms with Crippen LogP contribution in [0.4, 0.5) is 0 Å². The molecular formula is C35H47BrN2O8. The van der Waals surface area contributed by atoms with E-state index < -0.39 is 29.4 Å². The summed E-state index contributed by atoms with van der Waals surface area (Å²) in [5.74, 6) is 0.250. The number of halogens is 1. The fourth-order valence-electron chi connectivity index (χ4n) is 6.67. The maximum Gasteiger partial charge on any atom is 0.328 e. The van der Waals surface area contributed by atoms with Crippen LogP contribution in [-0.4, -0.2) is 78.7 Å². The van der Waals surface area contributed by atoms with E-state index in [1.165, 1.54) is 12.0 Å². The lowest BCUT2D eigenvalue weighted by atomic mass is 9.77. The first-order valence-electron chi connectivity index (χ1n) is 16.5. The first-order chi connectivity index (χ1) is 22.0. The molecular weight excluding hydrogens is 656 g/mol. The number of ether oxygens (including phenoxy) is 5. The van der Waals surface area contributed by atoms with Gasteiger partial charge in [-0.1, -0.05) is 55.6 Å². The average molecular weight is 704 g/mol. The van der Waals surface area contributed by atoms with Crippen molar-refractivity contribution in [3.05, 3.63) is 23.8 Å². The molecule has 0 radical (unpaired) electrons. The summed E-state index contributed by atoms with van der Waals surface area (Å²) in [6, 6.07) is 4.92. The normalized spacial score (nSPS) is 25.8. The zero-order valence-electron chi connectivity index (χ0n) is 27.6. The minimum Gasteiger partial charge on any atom is -0.494 e. The molecule has 3 aliphatic rings. The fraction of sp³-hybridized carbons (Fsp3) is 0.657. The molecule has 252 valence electrons. The van der Waals surface area contributed by atoms with Crippen LogP contribution in [0, 0.1) is 17.3 Å². The SMILES string of the molecule is COC(=O)[C@@H]1C[C@@H]2CN1C(=O)[C@H](C(C)(C)C)CC(=O)O[C@@H]1C[C@H]1CCCCCc1c(nc3c(OC)cccc3c1OCCCBr)O2. The van der Waals surface area contributed by atoms with Gasteiger partial charge < -0.3 is 28.6 Å². The molecule has 10 nitrogen and oxygen atoms in total. The van der Waals surface area contributed by atoms with Crippen molar-refractivity contribution >= 4 is 44.7 Å². The molecule has 1 amide bonds. The Bertz CT molecular complexity index is 1430. The second-order valence-corrected chi connectivity index (χ2v) is 14.5. The Kier molecular flexibility index (Phi) is 11.0. The first-order valence-corrected chi connectivity index (χ1v) is 17.6. The van der Waals surface area contributed by atoms with Crippen LogP contribution >= 0.6 is 15.9 Å². The number of nitrogens with zero attached hydrogens (tertiary/aromatic N) is 2. The van der Waals surface area contributed by atoms with E-state index in [0.717, 1.165) is 60.6 Å². The number of benzene rings is 1. The number of rotatable bonds is 6. The molecule has 0 unspecified atom stereocenters. The van der Waals surface area contributed by atoms with E-state index in [-0.39, 0.29) is 37.4 Å². The van der Waals surface area contributed by atoms with Crippen molar-refractivity contribution in [3.8, 4) is 17.4 Å². The van der Waals surface area contributed by atoms with Crippen LogP contribution in [0.25, 0.3) is 10.9 Å². The summed E-state index contributed by atoms with van der Waals surface area (Å²) < 4.78 is 29.8. The molecule has 1 saturated carbocycles. The van der Waals surface area contributed by atoms with Crippen LogP contribution in [0.1, 0.15) is 77.7 Å². The summed E-state index contributed by atoms with van der Waals surface area (Å²) in [4.78, 5) is 46.9. The fourth-order valence-corrected chi connectivity index (χ4v) is 6.90. The number of hydrogen-bond acceptors (Lipinski definition) is 9. The lowest BCUT2D eigenvalue weighted by Crippen LogP contribution is -2.47. The van der Waals surface area contributed by atoms with Gasteiger partial charge in [0.15, 0.2) is 0 Å². The van der Waals surface area contributed by atoms with Gasteiger partial charge in [0.2, 0.25) is 11.8 Å². The van der Waals surface area contributed by atoms with Crippen molar-refractivity contribution in [1.82, 2.24) is 9.88 Å². The third-order valence-corrected chi connectivity index (χ3v) is 9.95. The number of carbonyl (C=O) groups excluding carboxylic acids is 3. The number of fused-ring (bicyclic) bond motifs is 5. The third kappa shape index (κ3) is 7.72. The van der Waals surface area contributed by atoms with Crippen molar-refractivity contribution in [3.63, 3.8) is 0 Å². The molecule has 46 heavy (non-hydrogen) atoms. The lowest BCUT2D eigenvalue weighted by molar-refractivity contribution is -0.157. The summed E-state index contributed by atoms with van der Waals surface area (Å²) >= 11 is 3.51. The second kappa shape index (κ2) is 14.8. The predicted molar refractivity (Wildman–Crippen MR) is 176 cm³/mol. The van der Waals surface area contributed by atoms with Crippen LogP contribution in [0.15, 0.2) is 18.2 Å². The van der Waals surface area contributed by atoms with E-state index >= 15 is 0 Å². The number of methoxy groups -OCH3 is 2. The van der Waals surface area contributed by atoms with Gasteiger partial charge in [0.1, 0.15) is 35.3 Å². The third-order valence-electron chi connectivity index (χ3n) is 9.39. The number of carbonyl (C=O) groups is 3. The summed E-state index contributed by atoms with van der Waals surface area (Å²) in [5, 5.41) is 1.66. The quantitative estimate of drug-likeness (QED) is 0.202. The number of esters is 2. The Morgan fingerprint density at radius 1 is 1.11 bits per heavy atom. The Morgan fingerprint density at radius 3 is 2.63 bits per heavy atom. The summed E-state index contributed by atoms with van der Waals surface area (Å²) in [6.45, 7) is 6.46. The summed E-state index contributed by atoms with van der Waals surface area (Å²) in [6.07, 6.45) is 5.82. The van der Waals surface area contributed by atoms with Gasteiger partial charge in [-0.15, -0.1) is 0 Å². The van der Waals surface area contributed by atoms with E-state index in [2.05, 4.69) is 15.9 Å². The number of pyridine rings is 1. The first kappa shape index (κ1) is 34.3. The summed E-state index contributed by atoms with van der Waals surface area (Å²) in [5.41, 5.74) is 0.952. The van der Waals surface area contributed by atoms with Gasteiger partial charge >= 0.3 is 11.9 Å². The van der Waals surface area contributed by atoms with E-state index in [1.807, 2.05) is 39.0 Å². The maximum absolute atomic E-state index is 14.2. The average Bonchev–Trinajstić information content (AvgIpc) is 3.61. The van der Waals surface area contributed by atoms with Crippen molar-refractivity contribution in [1.29, 1.82) is 0 Å². The molecule has 3 heterocycles. The largest absolute Gasteiger partial charge is 0.494 e. The molecule has 2 aromatic rings. The molecule has 1 saturated heterocycles. The molecule has 1 aliphatic carbocycles. The molecule has 11 heteroatoms. The van der Waals surface area contributed by atoms with Crippen LogP contribution in [0.3, 0.4) is 0 Å². The molecule has 0 N–H and O–H groups in total. The van der Waals surface area contributed by atoms with Crippen molar-refractivity contribution in [2.75, 3.05) is 32.7 Å². The molecule has 2 fully saturated rings. The van der Waals surface area contributed by atoms with E-state index in [9.17, 15) is 14.4 Å². The molecule has 1 aromatic carbocycles. The monoisotopic (exact) mass is 702 g/mol. The van der Waals surface area contributed by atoms with E-state index in [1.54, 1.807) is 7.11 Å². The van der Waals surface area contributed by atoms with Gasteiger partial charge in [-0.25, -0.2) is 9.78 Å². The smallest absolute Gasteiger partial charge is 0.328 e. The number of alkyl halides is 1. The standard InChI is InChI=1S/C35H47BrN2O8/c1-35(2,3)25-19-29(39)46-28-17-21(28)11-7-6-8-12-24-31(44-16-10-15-36)23-13-9-14-27(42-4)30(23)37-32(24)45-22-18-26(34(41)43-5)38(20-22)33(25)40/h9,13-14,21-22,25-26,28H,6-8,10-12,15-20H2,1-5H3/t21-,22-,25-,26+,28-/m1/s1. The zero-order valence-corrected chi connectivity index (χ0v) is 29.2. The molecule has 5 rings (SSSR count). The van der Waals surface area contributed by atoms with Crippen LogP contribution in [-0.2, 0) is 30.3 Å². The summed E-state index contributed by atoms with van der Waals surface area (Å²) in [7, 11) is 2.93. The van der Waals surface area contributed by atoms with Crippen molar-refractivity contribution < 1.29 is 38.1 Å². The van der Waals surface area contributed by atoms with Crippen molar-refractivity contribution in [2.24, 2.45) is 17.3 Å². The van der Waals surface area contributed by atoms with Crippen LogP contribution in [0.2, 0.25) is 0 Å². The minimum atomic E-state index is -0.855. The molecule has 0 spiro atoms. The Morgan fingerprint density at radius 2 is 1.91 bits per heavy atom. The topological polar surface area (TPSA) is 113 Å². The number of amides is 1. The number of para-hydroxylation sites is 1. The van der Waals surface area contributed by atoms with Gasteiger partial charge in [0.05, 0.1) is 45.3 Å². The van der Waals surface area contributed by atoms with Gasteiger partial charge in [-0.3, -0.25) is 9.59 Å². The van der Waals surface area contributed by atoms with E-state index in [4.69, 9.17) is 28.7 Å². The molecule has 1 aromatic heterocycles. The van der Waals surface area contributed by atoms with Crippen molar-refractivity contribution in [2.45, 2.75) is 96.8 Å². The van der Waals surface area contributed by atoms with Crippen LogP contribution < -0.4 is 14.2 Å². The minimum absolute atomic E-state index is 0.0489. The zero-order chi connectivity index (χ0) is 33.0. The highest BCUT2D eigenvalue weighted by Crippen LogP contribution is 2.43. The van der Waals surface area contributed by atoms with Gasteiger partial charge in [-0.2, -0.15) is 0 Å². The maximum atomic E-state index is 14.2. The predicted octanol–water partition coefficient (Wildman–Crippen LogP) is 6.03. The number of hydrogen-bond donors (Lipinski definition) is 0. The van der Waals surface area contributed by atoms with Crippen LogP contribution in [0.5, 0.6) is 17.4 Å². The highest BCUT2D eigenvalue weighted by atomic mass is 79.9. The van der Waals surface area contributed by atoms with E-state index in [0.29, 0.717) is 36.1 Å². The highest BCUT2D eigenvalue weighted by molar-refractivity contribution is 9.09. The Balaban J connectivity index is 1.56. The highest BCUT2D eigenvalue weighted by Gasteiger charge is 2.47. The molecule has 2 aliphatic heterocycles. The lowest BCUT2D eigenvalue weighted by Gasteiger charge is -2.34. The molecule has 5 atom stereocenters. The Labute approximate surface area is 279 Å². The van der Waals surface area contributed by atoms with Gasteiger partial charge in [-0.05, 0) is 55.6 Å². The second-order valence-electron chi connectivity index (χ2n) is 13.7. The van der Waals surface area contributed by atoms with Gasteiger partial charge in [0.25, 0.3) is 0 Å². The van der Waals surface area contributed by atoms with Gasteiger partial charge in [0, 0.05) is 17.1 Å².